The lowest BCUT2D eigenvalue weighted by Crippen LogP contribution is -3.00. The number of hydrogen-bond donors (Lipinski definition) is 0. The van der Waals surface area contributed by atoms with Crippen LogP contribution in [0.4, 0.5) is 0 Å². The Morgan fingerprint density at radius 1 is 0.636 bits per heavy atom. The molecule has 22 heavy (non-hydrogen) atoms. The van der Waals surface area contributed by atoms with Crippen LogP contribution >= 0.6 is 0 Å². The van der Waals surface area contributed by atoms with Gasteiger partial charge in [-0.25, -0.2) is 0 Å². The van der Waals surface area contributed by atoms with Crippen molar-refractivity contribution in [2.45, 2.75) is 53.0 Å². The van der Waals surface area contributed by atoms with Crippen molar-refractivity contribution in [1.29, 1.82) is 0 Å². The van der Waals surface area contributed by atoms with Gasteiger partial charge in [-0.15, -0.1) is 0 Å². The maximum absolute atomic E-state index is 2.48. The smallest absolute Gasteiger partial charge is 0.133 e. The van der Waals surface area contributed by atoms with Crippen LogP contribution in [0.15, 0.2) is 12.1 Å². The first-order valence-electron chi connectivity index (χ1n) is 7.92. The molecule has 0 atom stereocenters. The number of aryl methyl sites for hydroxylation is 2. The van der Waals surface area contributed by atoms with E-state index in [0.717, 1.165) is 0 Å². The van der Waals surface area contributed by atoms with Crippen molar-refractivity contribution < 1.29 is 24.8 Å². The molecule has 0 aromatic heterocycles. The predicted octanol–water partition coefficient (Wildman–Crippen LogP) is -1.37. The van der Waals surface area contributed by atoms with Gasteiger partial charge in [0.05, 0.1) is 0 Å². The Hall–Kier alpha value is 0.500. The zero-order valence-corrected chi connectivity index (χ0v) is 18.1. The van der Waals surface area contributed by atoms with Crippen molar-refractivity contribution in [1.82, 2.24) is 0 Å². The quantitative estimate of drug-likeness (QED) is 0.486. The molecule has 0 radical (unpaired) electrons. The minimum atomic E-state index is 0. The molecule has 0 saturated carbocycles. The molecular weight excluding hydrogens is 351 g/mol. The van der Waals surface area contributed by atoms with Gasteiger partial charge in [0.25, 0.3) is 0 Å². The van der Waals surface area contributed by atoms with Crippen LogP contribution in [0, 0.1) is 13.8 Å². The molecule has 4 heteroatoms. The van der Waals surface area contributed by atoms with Crippen LogP contribution in [0.3, 0.4) is 0 Å². The third-order valence-electron chi connectivity index (χ3n) is 4.15. The van der Waals surface area contributed by atoms with Crippen LogP contribution in [-0.4, -0.2) is 23.0 Å². The van der Waals surface area contributed by atoms with Gasteiger partial charge in [-0.2, -0.15) is 0 Å². The maximum Gasteiger partial charge on any atom is 0.133 e. The first kappa shape index (κ1) is 24.7. The molecule has 0 aliphatic rings. The summed E-state index contributed by atoms with van der Waals surface area (Å²) < 4.78 is 0. The molecule has 0 heterocycles. The number of halogens is 2. The van der Waals surface area contributed by atoms with Crippen molar-refractivity contribution in [3.05, 3.63) is 34.4 Å². The zero-order valence-electron chi connectivity index (χ0n) is 15.0. The standard InChI is InChI=1S/C18H32S2.2ClH/c1-7-19(8-2)13-17-11-16(6)18(12-15(17)5)14-20(9-3)10-4;;/h11-12H,7-10,13-14H2,1-6H3;2*1H/q+2;;/p-2. The van der Waals surface area contributed by atoms with Gasteiger partial charge in [0.15, 0.2) is 0 Å². The fourth-order valence-corrected chi connectivity index (χ4v) is 5.64. The van der Waals surface area contributed by atoms with Crippen molar-refractivity contribution >= 4 is 21.8 Å². The minimum absolute atomic E-state index is 0. The Kier molecular flexibility index (Phi) is 14.5. The predicted molar refractivity (Wildman–Crippen MR) is 100 cm³/mol. The average molecular weight is 383 g/mol. The lowest BCUT2D eigenvalue weighted by atomic mass is 10.0. The molecule has 1 aromatic rings. The lowest BCUT2D eigenvalue weighted by Gasteiger charge is -2.13. The highest BCUT2D eigenvalue weighted by Crippen LogP contribution is 2.22. The molecule has 0 spiro atoms. The molecule has 130 valence electrons. The summed E-state index contributed by atoms with van der Waals surface area (Å²) in [6.07, 6.45) is 0. The summed E-state index contributed by atoms with van der Waals surface area (Å²) in [5.74, 6) is 7.87. The second-order valence-electron chi connectivity index (χ2n) is 5.37. The van der Waals surface area contributed by atoms with E-state index in [2.05, 4.69) is 53.7 Å². The normalized spacial score (nSPS) is 10.5. The monoisotopic (exact) mass is 382 g/mol. The summed E-state index contributed by atoms with van der Waals surface area (Å²) in [6.45, 7) is 13.9. The van der Waals surface area contributed by atoms with Crippen molar-refractivity contribution in [3.8, 4) is 0 Å². The molecule has 0 nitrogen and oxygen atoms in total. The Bertz CT molecular complexity index is 374. The van der Waals surface area contributed by atoms with Crippen molar-refractivity contribution in [3.63, 3.8) is 0 Å². The highest BCUT2D eigenvalue weighted by atomic mass is 35.5. The number of rotatable bonds is 8. The molecular formula is C18H32Cl2S2. The van der Waals surface area contributed by atoms with E-state index in [0.29, 0.717) is 21.8 Å². The Labute approximate surface area is 156 Å². The van der Waals surface area contributed by atoms with Gasteiger partial charge < -0.3 is 24.8 Å². The largest absolute Gasteiger partial charge is 1.00 e. The van der Waals surface area contributed by atoms with Crippen LogP contribution in [0.5, 0.6) is 0 Å². The van der Waals surface area contributed by atoms with Gasteiger partial charge in [0.2, 0.25) is 0 Å². The van der Waals surface area contributed by atoms with Crippen molar-refractivity contribution in [2.24, 2.45) is 0 Å². The van der Waals surface area contributed by atoms with E-state index >= 15 is 0 Å². The van der Waals surface area contributed by atoms with Crippen LogP contribution in [0.25, 0.3) is 0 Å². The summed E-state index contributed by atoms with van der Waals surface area (Å²) in [5.41, 5.74) is 6.21. The van der Waals surface area contributed by atoms with Crippen LogP contribution in [0.2, 0.25) is 0 Å². The van der Waals surface area contributed by atoms with E-state index in [1.54, 1.807) is 11.1 Å². The van der Waals surface area contributed by atoms with Gasteiger partial charge in [-0.3, -0.25) is 0 Å². The Balaban J connectivity index is 0. The van der Waals surface area contributed by atoms with Gasteiger partial charge in [-0.1, -0.05) is 12.1 Å². The molecule has 0 aliphatic heterocycles. The van der Waals surface area contributed by atoms with Gasteiger partial charge in [-0.05, 0) is 74.5 Å². The van der Waals surface area contributed by atoms with E-state index in [9.17, 15) is 0 Å². The lowest BCUT2D eigenvalue weighted by molar-refractivity contribution is -0.00100. The third kappa shape index (κ3) is 7.38. The average Bonchev–Trinajstić information content (AvgIpc) is 2.46. The SMILES string of the molecule is CC[S+](CC)Cc1cc(C)c(C[S+](CC)CC)cc1C.[Cl-].[Cl-]. The Morgan fingerprint density at radius 3 is 1.14 bits per heavy atom. The topological polar surface area (TPSA) is 0 Å². The van der Waals surface area contributed by atoms with E-state index in [1.165, 1.54) is 45.6 Å². The van der Waals surface area contributed by atoms with Gasteiger partial charge in [0.1, 0.15) is 34.5 Å². The minimum Gasteiger partial charge on any atom is -1.00 e. The summed E-state index contributed by atoms with van der Waals surface area (Å²) >= 11 is 0. The van der Waals surface area contributed by atoms with Crippen molar-refractivity contribution in [2.75, 3.05) is 23.0 Å². The second-order valence-corrected chi connectivity index (χ2v) is 10.7. The van der Waals surface area contributed by atoms with E-state index < -0.39 is 0 Å². The number of hydrogen-bond acceptors (Lipinski definition) is 0. The first-order chi connectivity index (χ1) is 9.55. The zero-order chi connectivity index (χ0) is 15.1. The van der Waals surface area contributed by atoms with Crippen LogP contribution in [-0.2, 0) is 33.3 Å². The van der Waals surface area contributed by atoms with Crippen LogP contribution < -0.4 is 24.8 Å². The molecule has 1 aromatic carbocycles. The molecule has 0 bridgehead atoms. The fourth-order valence-electron chi connectivity index (χ4n) is 2.50. The first-order valence-corrected chi connectivity index (χ1v) is 11.4. The molecule has 0 fully saturated rings. The molecule has 0 aliphatic carbocycles. The van der Waals surface area contributed by atoms with E-state index in [1.807, 2.05) is 0 Å². The summed E-state index contributed by atoms with van der Waals surface area (Å²) in [5, 5.41) is 0. The van der Waals surface area contributed by atoms with E-state index in [-0.39, 0.29) is 24.8 Å². The fraction of sp³-hybridized carbons (Fsp3) is 0.667. The summed E-state index contributed by atoms with van der Waals surface area (Å²) in [6, 6.07) is 4.95. The molecule has 1 rings (SSSR count). The van der Waals surface area contributed by atoms with Gasteiger partial charge >= 0.3 is 0 Å². The Morgan fingerprint density at radius 2 is 0.909 bits per heavy atom. The molecule has 0 N–H and O–H groups in total. The molecule has 0 saturated heterocycles. The highest BCUT2D eigenvalue weighted by molar-refractivity contribution is 7.96. The third-order valence-corrected chi connectivity index (χ3v) is 8.85. The van der Waals surface area contributed by atoms with E-state index in [4.69, 9.17) is 0 Å². The summed E-state index contributed by atoms with van der Waals surface area (Å²) in [7, 11) is 1.15. The second kappa shape index (κ2) is 12.9. The molecule has 0 unspecified atom stereocenters. The van der Waals surface area contributed by atoms with Gasteiger partial charge in [0, 0.05) is 11.1 Å². The van der Waals surface area contributed by atoms with Crippen LogP contribution in [0.1, 0.15) is 49.9 Å². The number of benzene rings is 1. The summed E-state index contributed by atoms with van der Waals surface area (Å²) in [4.78, 5) is 0. The molecule has 0 amide bonds. The maximum atomic E-state index is 2.48. The highest BCUT2D eigenvalue weighted by Gasteiger charge is 2.19.